The molecule has 2 heterocycles. The standard InChI is InChI=1S/C22H21FN4O/c23-19-9-3-16(4-10-19)15-24-22(28)18-7-5-17(6-8-18)20-11-12-21(26-25-20)27-13-1-2-14-27/h3-12H,1-2,13-15H2,(H,24,28). The van der Waals surface area contributed by atoms with Gasteiger partial charge in [0.1, 0.15) is 5.82 Å². The smallest absolute Gasteiger partial charge is 0.251 e. The monoisotopic (exact) mass is 376 g/mol. The normalized spacial score (nSPS) is 13.5. The molecule has 0 saturated carbocycles. The van der Waals surface area contributed by atoms with Gasteiger partial charge in [-0.2, -0.15) is 0 Å². The molecule has 0 aliphatic carbocycles. The number of hydrogen-bond acceptors (Lipinski definition) is 4. The van der Waals surface area contributed by atoms with Crippen LogP contribution < -0.4 is 10.2 Å². The van der Waals surface area contributed by atoms with Crippen molar-refractivity contribution in [2.24, 2.45) is 0 Å². The molecule has 4 rings (SSSR count). The summed E-state index contributed by atoms with van der Waals surface area (Å²) in [4.78, 5) is 14.5. The van der Waals surface area contributed by atoms with Crippen LogP contribution in [0.1, 0.15) is 28.8 Å². The maximum Gasteiger partial charge on any atom is 0.251 e. The van der Waals surface area contributed by atoms with Gasteiger partial charge in [0.15, 0.2) is 5.82 Å². The number of hydrogen-bond donors (Lipinski definition) is 1. The zero-order valence-corrected chi connectivity index (χ0v) is 15.4. The van der Waals surface area contributed by atoms with E-state index in [1.165, 1.54) is 25.0 Å². The van der Waals surface area contributed by atoms with Gasteiger partial charge in [0.25, 0.3) is 5.91 Å². The van der Waals surface area contributed by atoms with Gasteiger partial charge in [0, 0.05) is 30.8 Å². The summed E-state index contributed by atoms with van der Waals surface area (Å²) in [6.07, 6.45) is 2.40. The Morgan fingerprint density at radius 3 is 2.29 bits per heavy atom. The quantitative estimate of drug-likeness (QED) is 0.736. The second-order valence-electron chi connectivity index (χ2n) is 6.86. The van der Waals surface area contributed by atoms with E-state index in [-0.39, 0.29) is 11.7 Å². The molecule has 1 N–H and O–H groups in total. The fourth-order valence-electron chi connectivity index (χ4n) is 3.27. The van der Waals surface area contributed by atoms with Gasteiger partial charge in [-0.1, -0.05) is 24.3 Å². The van der Waals surface area contributed by atoms with Crippen molar-refractivity contribution in [3.05, 3.63) is 77.6 Å². The average molecular weight is 376 g/mol. The number of carbonyl (C=O) groups is 1. The molecular formula is C22H21FN4O. The number of aromatic nitrogens is 2. The van der Waals surface area contributed by atoms with Crippen molar-refractivity contribution in [1.82, 2.24) is 15.5 Å². The first-order chi connectivity index (χ1) is 13.7. The third-order valence-electron chi connectivity index (χ3n) is 4.89. The van der Waals surface area contributed by atoms with Gasteiger partial charge in [0.2, 0.25) is 0 Å². The van der Waals surface area contributed by atoms with Crippen LogP contribution in [0, 0.1) is 5.82 Å². The third-order valence-corrected chi connectivity index (χ3v) is 4.89. The molecule has 0 radical (unpaired) electrons. The number of rotatable bonds is 5. The Bertz CT molecular complexity index is 934. The van der Waals surface area contributed by atoms with Crippen molar-refractivity contribution < 1.29 is 9.18 Å². The summed E-state index contributed by atoms with van der Waals surface area (Å²) in [6.45, 7) is 2.43. The maximum absolute atomic E-state index is 12.9. The minimum absolute atomic E-state index is 0.175. The number of carbonyl (C=O) groups excluding carboxylic acids is 1. The van der Waals surface area contributed by atoms with E-state index >= 15 is 0 Å². The molecule has 1 amide bonds. The van der Waals surface area contributed by atoms with E-state index in [0.29, 0.717) is 12.1 Å². The molecule has 0 spiro atoms. The molecule has 1 fully saturated rings. The molecule has 6 heteroatoms. The lowest BCUT2D eigenvalue weighted by Gasteiger charge is -2.15. The van der Waals surface area contributed by atoms with Crippen LogP contribution in [0.25, 0.3) is 11.3 Å². The molecule has 1 aromatic heterocycles. The zero-order valence-electron chi connectivity index (χ0n) is 15.4. The van der Waals surface area contributed by atoms with E-state index in [1.807, 2.05) is 24.3 Å². The van der Waals surface area contributed by atoms with Crippen LogP contribution in [-0.4, -0.2) is 29.2 Å². The molecule has 1 aliphatic rings. The summed E-state index contributed by atoms with van der Waals surface area (Å²) in [5.74, 6) is 0.451. The van der Waals surface area contributed by atoms with Crippen molar-refractivity contribution >= 4 is 11.7 Å². The lowest BCUT2D eigenvalue weighted by atomic mass is 10.1. The van der Waals surface area contributed by atoms with Crippen LogP contribution in [0.4, 0.5) is 10.2 Å². The van der Waals surface area contributed by atoms with Gasteiger partial charge in [0.05, 0.1) is 5.69 Å². The van der Waals surface area contributed by atoms with Gasteiger partial charge in [-0.05, 0) is 54.8 Å². The zero-order chi connectivity index (χ0) is 19.3. The second-order valence-corrected chi connectivity index (χ2v) is 6.86. The van der Waals surface area contributed by atoms with E-state index in [2.05, 4.69) is 20.4 Å². The van der Waals surface area contributed by atoms with Gasteiger partial charge in [-0.25, -0.2) is 4.39 Å². The van der Waals surface area contributed by atoms with Gasteiger partial charge in [-0.3, -0.25) is 4.79 Å². The summed E-state index contributed by atoms with van der Waals surface area (Å²) >= 11 is 0. The highest BCUT2D eigenvalue weighted by Gasteiger charge is 2.14. The molecular weight excluding hydrogens is 355 g/mol. The summed E-state index contributed by atoms with van der Waals surface area (Å²) in [5, 5.41) is 11.5. The van der Waals surface area contributed by atoms with Gasteiger partial charge < -0.3 is 10.2 Å². The summed E-state index contributed by atoms with van der Waals surface area (Å²) in [5.41, 5.74) is 3.10. The molecule has 3 aromatic rings. The molecule has 142 valence electrons. The summed E-state index contributed by atoms with van der Waals surface area (Å²) < 4.78 is 12.9. The molecule has 1 saturated heterocycles. The van der Waals surface area contributed by atoms with Crippen LogP contribution in [0.2, 0.25) is 0 Å². The van der Waals surface area contributed by atoms with E-state index < -0.39 is 0 Å². The second kappa shape index (κ2) is 8.17. The SMILES string of the molecule is O=C(NCc1ccc(F)cc1)c1ccc(-c2ccc(N3CCCC3)nn2)cc1. The topological polar surface area (TPSA) is 58.1 Å². The first kappa shape index (κ1) is 18.1. The number of amides is 1. The number of benzene rings is 2. The molecule has 0 bridgehead atoms. The minimum atomic E-state index is -0.290. The summed E-state index contributed by atoms with van der Waals surface area (Å²) in [7, 11) is 0. The highest BCUT2D eigenvalue weighted by molar-refractivity contribution is 5.94. The van der Waals surface area contributed by atoms with Crippen LogP contribution in [0.15, 0.2) is 60.7 Å². The first-order valence-electron chi connectivity index (χ1n) is 9.41. The number of nitrogens with one attached hydrogen (secondary N) is 1. The number of halogens is 1. The Labute approximate surface area is 163 Å². The van der Waals surface area contributed by atoms with Crippen molar-refractivity contribution in [3.8, 4) is 11.3 Å². The first-order valence-corrected chi connectivity index (χ1v) is 9.41. The van der Waals surface area contributed by atoms with E-state index in [9.17, 15) is 9.18 Å². The Morgan fingerprint density at radius 2 is 1.64 bits per heavy atom. The third kappa shape index (κ3) is 4.17. The van der Waals surface area contributed by atoms with E-state index in [4.69, 9.17) is 0 Å². The van der Waals surface area contributed by atoms with Crippen molar-refractivity contribution in [2.45, 2.75) is 19.4 Å². The maximum atomic E-state index is 12.9. The molecule has 2 aromatic carbocycles. The number of anilines is 1. The Kier molecular flexibility index (Phi) is 5.28. The van der Waals surface area contributed by atoms with Gasteiger partial charge >= 0.3 is 0 Å². The molecule has 5 nitrogen and oxygen atoms in total. The Hall–Kier alpha value is -3.28. The van der Waals surface area contributed by atoms with Crippen LogP contribution >= 0.6 is 0 Å². The van der Waals surface area contributed by atoms with Crippen LogP contribution in [-0.2, 0) is 6.54 Å². The fourth-order valence-corrected chi connectivity index (χ4v) is 3.27. The van der Waals surface area contributed by atoms with E-state index in [1.54, 1.807) is 24.3 Å². The Balaban J connectivity index is 1.38. The highest BCUT2D eigenvalue weighted by atomic mass is 19.1. The Morgan fingerprint density at radius 1 is 0.929 bits per heavy atom. The van der Waals surface area contributed by atoms with E-state index in [0.717, 1.165) is 35.7 Å². The van der Waals surface area contributed by atoms with Crippen molar-refractivity contribution in [1.29, 1.82) is 0 Å². The highest BCUT2D eigenvalue weighted by Crippen LogP contribution is 2.21. The molecule has 0 atom stereocenters. The van der Waals surface area contributed by atoms with Gasteiger partial charge in [-0.15, -0.1) is 10.2 Å². The van der Waals surface area contributed by atoms with Crippen LogP contribution in [0.3, 0.4) is 0 Å². The predicted molar refractivity (Wildman–Crippen MR) is 106 cm³/mol. The fraction of sp³-hybridized carbons (Fsp3) is 0.227. The predicted octanol–water partition coefficient (Wildman–Crippen LogP) is 3.81. The van der Waals surface area contributed by atoms with Crippen LogP contribution in [0.5, 0.6) is 0 Å². The largest absolute Gasteiger partial charge is 0.355 e. The molecule has 1 aliphatic heterocycles. The minimum Gasteiger partial charge on any atom is -0.355 e. The number of nitrogens with zero attached hydrogens (tertiary/aromatic N) is 3. The summed E-state index contributed by atoms with van der Waals surface area (Å²) in [6, 6.07) is 17.3. The lowest BCUT2D eigenvalue weighted by Crippen LogP contribution is -2.22. The molecule has 0 unspecified atom stereocenters. The van der Waals surface area contributed by atoms with Crippen molar-refractivity contribution in [3.63, 3.8) is 0 Å². The van der Waals surface area contributed by atoms with Crippen molar-refractivity contribution in [2.75, 3.05) is 18.0 Å². The average Bonchev–Trinajstić information content (AvgIpc) is 3.28. The molecule has 28 heavy (non-hydrogen) atoms. The lowest BCUT2D eigenvalue weighted by molar-refractivity contribution is 0.0951.